The van der Waals surface area contributed by atoms with Crippen LogP contribution in [0.2, 0.25) is 0 Å². The normalized spacial score (nSPS) is 17.1. The Morgan fingerprint density at radius 1 is 1.25 bits per heavy atom. The number of ether oxygens (including phenoxy) is 1. The quantitative estimate of drug-likeness (QED) is 0.733. The minimum Gasteiger partial charge on any atom is -0.490 e. The first-order valence-electron chi connectivity index (χ1n) is 5.71. The third-order valence-corrected chi connectivity index (χ3v) is 2.94. The van der Waals surface area contributed by atoms with Crippen LogP contribution in [-0.4, -0.2) is 12.4 Å². The number of hydrogen-bond acceptors (Lipinski definition) is 2. The molecule has 16 heavy (non-hydrogen) atoms. The van der Waals surface area contributed by atoms with Gasteiger partial charge in [0.2, 0.25) is 0 Å². The van der Waals surface area contributed by atoms with Crippen LogP contribution in [0.3, 0.4) is 0 Å². The second-order valence-corrected chi connectivity index (χ2v) is 4.18. The molecule has 1 aromatic carbocycles. The molecule has 0 aromatic heterocycles. The molecule has 1 fully saturated rings. The molecule has 0 N–H and O–H groups in total. The maximum Gasteiger partial charge on any atom is 0.153 e. The number of hydrogen-bond donors (Lipinski definition) is 0. The van der Waals surface area contributed by atoms with Crippen molar-refractivity contribution in [3.63, 3.8) is 0 Å². The molecule has 0 unspecified atom stereocenters. The molecule has 0 aliphatic heterocycles. The molecule has 1 aromatic rings. The number of rotatable bonds is 3. The zero-order valence-corrected chi connectivity index (χ0v) is 9.12. The van der Waals surface area contributed by atoms with Crippen molar-refractivity contribution in [2.45, 2.75) is 38.2 Å². The van der Waals surface area contributed by atoms with Gasteiger partial charge in [-0.25, -0.2) is 4.39 Å². The number of carbonyl (C=O) groups excluding carboxylic acids is 1. The van der Waals surface area contributed by atoms with Crippen molar-refractivity contribution < 1.29 is 13.9 Å². The van der Waals surface area contributed by atoms with Crippen LogP contribution in [0.1, 0.15) is 42.5 Å². The Bertz CT molecular complexity index is 370. The topological polar surface area (TPSA) is 26.3 Å². The van der Waals surface area contributed by atoms with Gasteiger partial charge in [0, 0.05) is 0 Å². The Labute approximate surface area is 94.4 Å². The summed E-state index contributed by atoms with van der Waals surface area (Å²) in [6.45, 7) is 0. The summed E-state index contributed by atoms with van der Waals surface area (Å²) in [6.07, 6.45) is 6.46. The highest BCUT2D eigenvalue weighted by atomic mass is 19.1. The number of benzene rings is 1. The van der Waals surface area contributed by atoms with E-state index >= 15 is 0 Å². The van der Waals surface area contributed by atoms with Crippen molar-refractivity contribution in [1.82, 2.24) is 0 Å². The Hall–Kier alpha value is -1.38. The maximum absolute atomic E-state index is 12.9. The van der Waals surface area contributed by atoms with Crippen LogP contribution in [0.25, 0.3) is 0 Å². The van der Waals surface area contributed by atoms with E-state index in [4.69, 9.17) is 4.74 Å². The lowest BCUT2D eigenvalue weighted by molar-refractivity contribution is 0.110. The smallest absolute Gasteiger partial charge is 0.153 e. The fraction of sp³-hybridized carbons (Fsp3) is 0.462. The van der Waals surface area contributed by atoms with Crippen LogP contribution in [0.5, 0.6) is 5.75 Å². The van der Waals surface area contributed by atoms with Gasteiger partial charge in [0.05, 0.1) is 11.7 Å². The molecule has 2 nitrogen and oxygen atoms in total. The largest absolute Gasteiger partial charge is 0.490 e. The van der Waals surface area contributed by atoms with Crippen molar-refractivity contribution in [3.05, 3.63) is 29.6 Å². The Balaban J connectivity index is 2.10. The minimum absolute atomic E-state index is 0.179. The standard InChI is InChI=1S/C13H15FO2/c14-11-6-7-13(10(8-11)9-15)16-12-4-2-1-3-5-12/h6-9,12H,1-5H2. The van der Waals surface area contributed by atoms with Gasteiger partial charge in [-0.1, -0.05) is 6.42 Å². The van der Waals surface area contributed by atoms with Crippen molar-refractivity contribution in [2.75, 3.05) is 0 Å². The summed E-state index contributed by atoms with van der Waals surface area (Å²) in [5.74, 6) is 0.0985. The third kappa shape index (κ3) is 2.60. The number of aldehydes is 1. The summed E-state index contributed by atoms with van der Waals surface area (Å²) in [4.78, 5) is 10.8. The molecule has 86 valence electrons. The average molecular weight is 222 g/mol. The molecule has 0 bridgehead atoms. The maximum atomic E-state index is 12.9. The molecular formula is C13H15FO2. The van der Waals surface area contributed by atoms with E-state index in [1.807, 2.05) is 0 Å². The van der Waals surface area contributed by atoms with Gasteiger partial charge in [0.25, 0.3) is 0 Å². The van der Waals surface area contributed by atoms with Crippen LogP contribution < -0.4 is 4.74 Å². The Morgan fingerprint density at radius 3 is 2.69 bits per heavy atom. The lowest BCUT2D eigenvalue weighted by atomic mass is 9.98. The van der Waals surface area contributed by atoms with E-state index in [9.17, 15) is 9.18 Å². The lowest BCUT2D eigenvalue weighted by Crippen LogP contribution is -2.20. The van der Waals surface area contributed by atoms with Gasteiger partial charge < -0.3 is 4.74 Å². The molecule has 2 rings (SSSR count). The van der Waals surface area contributed by atoms with Crippen LogP contribution in [-0.2, 0) is 0 Å². The van der Waals surface area contributed by atoms with E-state index in [2.05, 4.69) is 0 Å². The van der Waals surface area contributed by atoms with Crippen molar-refractivity contribution in [2.24, 2.45) is 0 Å². The zero-order valence-electron chi connectivity index (χ0n) is 9.12. The van der Waals surface area contributed by atoms with Gasteiger partial charge >= 0.3 is 0 Å². The summed E-state index contributed by atoms with van der Waals surface area (Å²) in [5, 5.41) is 0. The monoisotopic (exact) mass is 222 g/mol. The molecule has 0 spiro atoms. The van der Waals surface area contributed by atoms with Gasteiger partial charge in [-0.2, -0.15) is 0 Å². The summed E-state index contributed by atoms with van der Waals surface area (Å²) in [7, 11) is 0. The first kappa shape index (κ1) is 11.1. The molecule has 1 aliphatic rings. The highest BCUT2D eigenvalue weighted by molar-refractivity contribution is 5.79. The number of carbonyl (C=O) groups is 1. The Kier molecular flexibility index (Phi) is 3.54. The number of halogens is 1. The van der Waals surface area contributed by atoms with E-state index < -0.39 is 5.82 Å². The van der Waals surface area contributed by atoms with Crippen molar-refractivity contribution in [3.8, 4) is 5.75 Å². The fourth-order valence-electron chi connectivity index (χ4n) is 2.08. The second kappa shape index (κ2) is 5.10. The summed E-state index contributed by atoms with van der Waals surface area (Å²) < 4.78 is 18.6. The van der Waals surface area contributed by atoms with Gasteiger partial charge in [0.15, 0.2) is 6.29 Å². The highest BCUT2D eigenvalue weighted by Crippen LogP contribution is 2.25. The van der Waals surface area contributed by atoms with Gasteiger partial charge in [-0.3, -0.25) is 4.79 Å². The average Bonchev–Trinajstić information content (AvgIpc) is 2.33. The molecule has 1 saturated carbocycles. The lowest BCUT2D eigenvalue weighted by Gasteiger charge is -2.23. The van der Waals surface area contributed by atoms with Gasteiger partial charge in [-0.15, -0.1) is 0 Å². The molecule has 0 radical (unpaired) electrons. The summed E-state index contributed by atoms with van der Waals surface area (Å²) in [6, 6.07) is 4.07. The van der Waals surface area contributed by atoms with Crippen LogP contribution in [0.4, 0.5) is 4.39 Å². The van der Waals surface area contributed by atoms with Gasteiger partial charge in [0.1, 0.15) is 11.6 Å². The summed E-state index contributed by atoms with van der Waals surface area (Å²) >= 11 is 0. The predicted octanol–water partition coefficient (Wildman–Crippen LogP) is 3.35. The van der Waals surface area contributed by atoms with E-state index in [0.29, 0.717) is 17.6 Å². The molecular weight excluding hydrogens is 207 g/mol. The van der Waals surface area contributed by atoms with Gasteiger partial charge in [-0.05, 0) is 43.9 Å². The third-order valence-electron chi connectivity index (χ3n) is 2.94. The SMILES string of the molecule is O=Cc1cc(F)ccc1OC1CCCCC1. The van der Waals surface area contributed by atoms with E-state index in [1.54, 1.807) is 0 Å². The van der Waals surface area contributed by atoms with E-state index in [1.165, 1.54) is 37.5 Å². The van der Waals surface area contributed by atoms with Crippen LogP contribution in [0.15, 0.2) is 18.2 Å². The predicted molar refractivity (Wildman–Crippen MR) is 59.3 cm³/mol. The molecule has 1 aliphatic carbocycles. The molecule has 0 atom stereocenters. The van der Waals surface area contributed by atoms with E-state index in [0.717, 1.165) is 12.8 Å². The molecule has 0 saturated heterocycles. The second-order valence-electron chi connectivity index (χ2n) is 4.18. The molecule has 0 amide bonds. The fourth-order valence-corrected chi connectivity index (χ4v) is 2.08. The van der Waals surface area contributed by atoms with Crippen molar-refractivity contribution in [1.29, 1.82) is 0 Å². The molecule has 0 heterocycles. The Morgan fingerprint density at radius 2 is 2.00 bits per heavy atom. The summed E-state index contributed by atoms with van der Waals surface area (Å²) in [5.41, 5.74) is 0.297. The van der Waals surface area contributed by atoms with E-state index in [-0.39, 0.29) is 6.10 Å². The first-order valence-corrected chi connectivity index (χ1v) is 5.71. The first-order chi connectivity index (χ1) is 7.79. The van der Waals surface area contributed by atoms with Crippen LogP contribution >= 0.6 is 0 Å². The van der Waals surface area contributed by atoms with Crippen LogP contribution in [0, 0.1) is 5.82 Å². The minimum atomic E-state index is -0.405. The zero-order chi connectivity index (χ0) is 11.4. The molecule has 3 heteroatoms. The highest BCUT2D eigenvalue weighted by Gasteiger charge is 2.16. The van der Waals surface area contributed by atoms with Crippen molar-refractivity contribution >= 4 is 6.29 Å².